The van der Waals surface area contributed by atoms with Crippen molar-refractivity contribution in [3.05, 3.63) is 28.2 Å². The van der Waals surface area contributed by atoms with Gasteiger partial charge in [-0.15, -0.1) is 12.6 Å². The summed E-state index contributed by atoms with van der Waals surface area (Å²) >= 11 is 7.72. The molecule has 0 saturated heterocycles. The van der Waals surface area contributed by atoms with Crippen molar-refractivity contribution in [3.63, 3.8) is 0 Å². The smallest absolute Gasteiger partial charge is 0.167 e. The number of thiol groups is 1. The van der Waals surface area contributed by atoms with Crippen LogP contribution in [0.15, 0.2) is 27.6 Å². The van der Waals surface area contributed by atoms with Gasteiger partial charge in [0.25, 0.3) is 0 Å². The van der Waals surface area contributed by atoms with Gasteiger partial charge in [0.1, 0.15) is 0 Å². The highest BCUT2D eigenvalue weighted by Crippen LogP contribution is 2.30. The first kappa shape index (κ1) is 11.2. The van der Waals surface area contributed by atoms with Crippen LogP contribution in [0.5, 0.6) is 0 Å². The Morgan fingerprint density at radius 2 is 2.00 bits per heavy atom. The van der Waals surface area contributed by atoms with Gasteiger partial charge in [0, 0.05) is 20.8 Å². The van der Waals surface area contributed by atoms with Crippen LogP contribution in [0.4, 0.5) is 0 Å². The van der Waals surface area contributed by atoms with E-state index in [0.29, 0.717) is 0 Å². The van der Waals surface area contributed by atoms with Crippen molar-refractivity contribution in [2.45, 2.75) is 30.6 Å². The minimum Gasteiger partial charge on any atom is -0.294 e. The Bertz CT molecular complexity index is 383. The first-order valence-corrected chi connectivity index (χ1v) is 6.45. The average molecular weight is 285 g/mol. The lowest BCUT2D eigenvalue weighted by Crippen LogP contribution is -2.11. The monoisotopic (exact) mass is 284 g/mol. The zero-order valence-corrected chi connectivity index (χ0v) is 10.9. The summed E-state index contributed by atoms with van der Waals surface area (Å²) < 4.78 is 0.968. The van der Waals surface area contributed by atoms with E-state index < -0.39 is 0 Å². The van der Waals surface area contributed by atoms with Crippen molar-refractivity contribution < 1.29 is 4.79 Å². The molecule has 0 aromatic heterocycles. The second kappa shape index (κ2) is 4.71. The van der Waals surface area contributed by atoms with E-state index in [0.717, 1.165) is 27.8 Å². The highest BCUT2D eigenvalue weighted by atomic mass is 79.9. The Labute approximate surface area is 104 Å². The molecule has 0 spiro atoms. The van der Waals surface area contributed by atoms with Crippen LogP contribution >= 0.6 is 28.6 Å². The quantitative estimate of drug-likeness (QED) is 0.639. The normalized spacial score (nSPS) is 16.9. The van der Waals surface area contributed by atoms with Gasteiger partial charge < -0.3 is 0 Å². The molecule has 0 heterocycles. The molecule has 0 radical (unpaired) electrons. The van der Waals surface area contributed by atoms with E-state index in [4.69, 9.17) is 0 Å². The van der Waals surface area contributed by atoms with E-state index in [-0.39, 0.29) is 11.7 Å². The fraction of sp³-hybridized carbons (Fsp3) is 0.417. The Morgan fingerprint density at radius 3 is 2.60 bits per heavy atom. The second-order valence-corrected chi connectivity index (χ2v) is 5.40. The largest absolute Gasteiger partial charge is 0.294 e. The van der Waals surface area contributed by atoms with Gasteiger partial charge in [0.05, 0.1) is 0 Å². The van der Waals surface area contributed by atoms with Crippen LogP contribution in [0, 0.1) is 5.92 Å². The number of hydrogen-bond donors (Lipinski definition) is 1. The molecule has 3 heteroatoms. The van der Waals surface area contributed by atoms with Gasteiger partial charge in [-0.25, -0.2) is 0 Å². The van der Waals surface area contributed by atoms with Crippen molar-refractivity contribution in [1.29, 1.82) is 0 Å². The van der Waals surface area contributed by atoms with E-state index >= 15 is 0 Å². The zero-order valence-electron chi connectivity index (χ0n) is 8.37. The molecule has 1 aliphatic rings. The van der Waals surface area contributed by atoms with E-state index in [2.05, 4.69) is 28.6 Å². The van der Waals surface area contributed by atoms with E-state index in [1.165, 1.54) is 12.8 Å². The number of rotatable bonds is 2. The molecule has 0 bridgehead atoms. The number of halogens is 1. The van der Waals surface area contributed by atoms with Gasteiger partial charge in [-0.2, -0.15) is 0 Å². The van der Waals surface area contributed by atoms with Crippen LogP contribution < -0.4 is 0 Å². The molecule has 0 amide bonds. The number of benzene rings is 1. The molecule has 1 fully saturated rings. The Kier molecular flexibility index (Phi) is 3.52. The number of carbonyl (C=O) groups excluding carboxylic acids is 1. The van der Waals surface area contributed by atoms with Gasteiger partial charge in [0.2, 0.25) is 0 Å². The molecule has 1 aromatic rings. The van der Waals surface area contributed by atoms with Crippen LogP contribution in [0.1, 0.15) is 36.0 Å². The maximum Gasteiger partial charge on any atom is 0.167 e. The fourth-order valence-electron chi connectivity index (χ4n) is 2.12. The summed E-state index contributed by atoms with van der Waals surface area (Å²) in [5, 5.41) is 0. The molecule has 2 rings (SSSR count). The summed E-state index contributed by atoms with van der Waals surface area (Å²) in [7, 11) is 0. The molecular formula is C12H13BrOS. The van der Waals surface area contributed by atoms with Crippen LogP contribution in [0.25, 0.3) is 0 Å². The molecule has 80 valence electrons. The molecule has 1 saturated carbocycles. The maximum atomic E-state index is 12.1. The van der Waals surface area contributed by atoms with Gasteiger partial charge in [0.15, 0.2) is 5.78 Å². The molecule has 1 aromatic carbocycles. The molecule has 15 heavy (non-hydrogen) atoms. The summed E-state index contributed by atoms with van der Waals surface area (Å²) in [4.78, 5) is 12.9. The van der Waals surface area contributed by atoms with Crippen LogP contribution in [0.3, 0.4) is 0 Å². The third kappa shape index (κ3) is 2.45. The molecular weight excluding hydrogens is 272 g/mol. The first-order chi connectivity index (χ1) is 7.18. The number of hydrogen-bond acceptors (Lipinski definition) is 2. The topological polar surface area (TPSA) is 17.1 Å². The standard InChI is InChI=1S/C12H13BrOS/c13-9-5-6-10(11(15)7-9)12(14)8-3-1-2-4-8/h5-8,15H,1-4H2. The van der Waals surface area contributed by atoms with Crippen molar-refractivity contribution >= 4 is 34.3 Å². The van der Waals surface area contributed by atoms with Crippen LogP contribution in [-0.4, -0.2) is 5.78 Å². The predicted octanol–water partition coefficient (Wildman–Crippen LogP) is 4.11. The van der Waals surface area contributed by atoms with Crippen molar-refractivity contribution in [2.75, 3.05) is 0 Å². The van der Waals surface area contributed by atoms with Gasteiger partial charge >= 0.3 is 0 Å². The summed E-state index contributed by atoms with van der Waals surface area (Å²) in [5.41, 5.74) is 0.772. The number of ketones is 1. The SMILES string of the molecule is O=C(c1ccc(Br)cc1S)C1CCCC1. The van der Waals surface area contributed by atoms with E-state index in [1.54, 1.807) is 0 Å². The summed E-state index contributed by atoms with van der Waals surface area (Å²) in [6.07, 6.45) is 4.47. The third-order valence-corrected chi connectivity index (χ3v) is 3.81. The summed E-state index contributed by atoms with van der Waals surface area (Å²) in [6.45, 7) is 0. The minimum atomic E-state index is 0.233. The summed E-state index contributed by atoms with van der Waals surface area (Å²) in [5.74, 6) is 0.502. The van der Waals surface area contributed by atoms with Crippen LogP contribution in [-0.2, 0) is 0 Å². The lowest BCUT2D eigenvalue weighted by Gasteiger charge is -2.09. The van der Waals surface area contributed by atoms with Crippen molar-refractivity contribution in [3.8, 4) is 0 Å². The van der Waals surface area contributed by atoms with Crippen molar-refractivity contribution in [1.82, 2.24) is 0 Å². The minimum absolute atomic E-state index is 0.233. The van der Waals surface area contributed by atoms with E-state index in [1.807, 2.05) is 18.2 Å². The van der Waals surface area contributed by atoms with Crippen molar-refractivity contribution in [2.24, 2.45) is 5.92 Å². The maximum absolute atomic E-state index is 12.1. The molecule has 0 atom stereocenters. The highest BCUT2D eigenvalue weighted by molar-refractivity contribution is 9.10. The Hall–Kier alpha value is -0.280. The zero-order chi connectivity index (χ0) is 10.8. The highest BCUT2D eigenvalue weighted by Gasteiger charge is 2.24. The second-order valence-electron chi connectivity index (χ2n) is 4.01. The molecule has 1 aliphatic carbocycles. The lowest BCUT2D eigenvalue weighted by atomic mass is 9.96. The van der Waals surface area contributed by atoms with Gasteiger partial charge in [-0.05, 0) is 31.0 Å². The third-order valence-electron chi connectivity index (χ3n) is 2.95. The number of carbonyl (C=O) groups is 1. The fourth-order valence-corrected chi connectivity index (χ4v) is 2.98. The molecule has 0 N–H and O–H groups in total. The Balaban J connectivity index is 2.24. The van der Waals surface area contributed by atoms with Gasteiger partial charge in [-0.3, -0.25) is 4.79 Å². The van der Waals surface area contributed by atoms with Crippen LogP contribution in [0.2, 0.25) is 0 Å². The predicted molar refractivity (Wildman–Crippen MR) is 67.7 cm³/mol. The molecule has 0 unspecified atom stereocenters. The molecule has 1 nitrogen and oxygen atoms in total. The van der Waals surface area contributed by atoms with E-state index in [9.17, 15) is 4.79 Å². The molecule has 0 aliphatic heterocycles. The average Bonchev–Trinajstić information content (AvgIpc) is 2.69. The Morgan fingerprint density at radius 1 is 1.33 bits per heavy atom. The first-order valence-electron chi connectivity index (χ1n) is 5.21. The summed E-state index contributed by atoms with van der Waals surface area (Å²) in [6, 6.07) is 5.65. The number of Topliss-reactive ketones (excluding diaryl/α,β-unsaturated/α-hetero) is 1. The van der Waals surface area contributed by atoms with Gasteiger partial charge in [-0.1, -0.05) is 28.8 Å². The lowest BCUT2D eigenvalue weighted by molar-refractivity contribution is 0.0920.